The molecule has 0 saturated heterocycles. The van der Waals surface area contributed by atoms with Gasteiger partial charge in [0.05, 0.1) is 12.2 Å². The Kier molecular flexibility index (Phi) is 3.25. The standard InChI is InChI=1S/C9H8N4O/c10-8-6-7(3-4-9(8)14)2-1-5-12-13-11/h3-4,6,14H,5,10H2. The fourth-order valence-corrected chi connectivity index (χ4v) is 0.841. The molecule has 0 radical (unpaired) electrons. The third kappa shape index (κ3) is 2.63. The third-order valence-electron chi connectivity index (χ3n) is 1.47. The van der Waals surface area contributed by atoms with Crippen LogP contribution in [0.1, 0.15) is 5.56 Å². The molecule has 5 heteroatoms. The number of anilines is 1. The Labute approximate surface area is 80.8 Å². The topological polar surface area (TPSA) is 95.0 Å². The van der Waals surface area contributed by atoms with Gasteiger partial charge >= 0.3 is 0 Å². The maximum atomic E-state index is 9.11. The molecule has 0 aliphatic carbocycles. The van der Waals surface area contributed by atoms with E-state index in [-0.39, 0.29) is 18.0 Å². The van der Waals surface area contributed by atoms with E-state index in [1.54, 1.807) is 12.1 Å². The van der Waals surface area contributed by atoms with Crippen LogP contribution in [-0.4, -0.2) is 11.7 Å². The molecule has 0 atom stereocenters. The molecule has 0 aliphatic heterocycles. The lowest BCUT2D eigenvalue weighted by Gasteiger charge is -1.97. The summed E-state index contributed by atoms with van der Waals surface area (Å²) in [4.78, 5) is 2.56. The van der Waals surface area contributed by atoms with Gasteiger partial charge in [0.25, 0.3) is 0 Å². The molecule has 0 spiro atoms. The number of hydrogen-bond donors (Lipinski definition) is 2. The fraction of sp³-hybridized carbons (Fsp3) is 0.111. The van der Waals surface area contributed by atoms with E-state index in [0.29, 0.717) is 5.56 Å². The van der Waals surface area contributed by atoms with Crippen molar-refractivity contribution in [1.29, 1.82) is 0 Å². The van der Waals surface area contributed by atoms with Crippen molar-refractivity contribution in [3.05, 3.63) is 34.2 Å². The highest BCUT2D eigenvalue weighted by Crippen LogP contribution is 2.19. The van der Waals surface area contributed by atoms with Gasteiger partial charge in [0, 0.05) is 10.5 Å². The summed E-state index contributed by atoms with van der Waals surface area (Å²) in [5.74, 6) is 5.42. The van der Waals surface area contributed by atoms with Crippen LogP contribution in [0.15, 0.2) is 23.3 Å². The molecular weight excluding hydrogens is 180 g/mol. The molecule has 0 aromatic heterocycles. The number of nitrogens with zero attached hydrogens (tertiary/aromatic N) is 3. The van der Waals surface area contributed by atoms with E-state index < -0.39 is 0 Å². The molecule has 14 heavy (non-hydrogen) atoms. The lowest BCUT2D eigenvalue weighted by molar-refractivity contribution is 0.478. The molecule has 1 rings (SSSR count). The third-order valence-corrected chi connectivity index (χ3v) is 1.47. The van der Waals surface area contributed by atoms with Crippen LogP contribution in [0, 0.1) is 11.8 Å². The minimum absolute atomic E-state index is 0.0330. The molecule has 3 N–H and O–H groups in total. The molecule has 1 aromatic rings. The molecule has 0 unspecified atom stereocenters. The Morgan fingerprint density at radius 1 is 1.57 bits per heavy atom. The molecule has 0 aliphatic rings. The molecule has 0 saturated carbocycles. The summed E-state index contributed by atoms with van der Waals surface area (Å²) in [7, 11) is 0. The van der Waals surface area contributed by atoms with Crippen molar-refractivity contribution in [3.63, 3.8) is 0 Å². The van der Waals surface area contributed by atoms with Crippen LogP contribution in [0.2, 0.25) is 0 Å². The quantitative estimate of drug-likeness (QED) is 0.175. The van der Waals surface area contributed by atoms with E-state index in [1.165, 1.54) is 6.07 Å². The van der Waals surface area contributed by atoms with Crippen molar-refractivity contribution >= 4 is 5.69 Å². The van der Waals surface area contributed by atoms with Gasteiger partial charge in [-0.2, -0.15) is 0 Å². The average molecular weight is 188 g/mol. The maximum Gasteiger partial charge on any atom is 0.138 e. The highest BCUT2D eigenvalue weighted by molar-refractivity contribution is 5.56. The van der Waals surface area contributed by atoms with Crippen LogP contribution in [0.4, 0.5) is 5.69 Å². The van der Waals surface area contributed by atoms with Gasteiger partial charge in [0.1, 0.15) is 5.75 Å². The first kappa shape index (κ1) is 9.78. The van der Waals surface area contributed by atoms with Crippen LogP contribution in [0.5, 0.6) is 5.75 Å². The molecule has 1 aromatic carbocycles. The summed E-state index contributed by atoms with van der Waals surface area (Å²) < 4.78 is 0. The van der Waals surface area contributed by atoms with Crippen LogP contribution < -0.4 is 5.73 Å². The predicted octanol–water partition coefficient (Wildman–Crippen LogP) is 1.64. The van der Waals surface area contributed by atoms with Gasteiger partial charge in [0.2, 0.25) is 0 Å². The fourth-order valence-electron chi connectivity index (χ4n) is 0.841. The first-order valence-corrected chi connectivity index (χ1v) is 3.82. The van der Waals surface area contributed by atoms with E-state index >= 15 is 0 Å². The summed E-state index contributed by atoms with van der Waals surface area (Å²) in [6.45, 7) is 0.122. The van der Waals surface area contributed by atoms with Crippen molar-refractivity contribution in [1.82, 2.24) is 0 Å². The predicted molar refractivity (Wildman–Crippen MR) is 53.4 cm³/mol. The van der Waals surface area contributed by atoms with Gasteiger partial charge in [0.15, 0.2) is 0 Å². The molecule has 0 fully saturated rings. The largest absolute Gasteiger partial charge is 0.506 e. The Bertz CT molecular complexity index is 438. The van der Waals surface area contributed by atoms with Crippen molar-refractivity contribution in [3.8, 4) is 17.6 Å². The van der Waals surface area contributed by atoms with Crippen molar-refractivity contribution in [2.75, 3.05) is 12.3 Å². The lowest BCUT2D eigenvalue weighted by atomic mass is 10.2. The number of rotatable bonds is 1. The van der Waals surface area contributed by atoms with Crippen molar-refractivity contribution < 1.29 is 5.11 Å². The minimum Gasteiger partial charge on any atom is -0.506 e. The smallest absolute Gasteiger partial charge is 0.138 e. The molecule has 70 valence electrons. The van der Waals surface area contributed by atoms with Gasteiger partial charge in [-0.15, -0.1) is 0 Å². The number of benzene rings is 1. The van der Waals surface area contributed by atoms with Crippen molar-refractivity contribution in [2.24, 2.45) is 5.11 Å². The Hall–Kier alpha value is -2.31. The maximum absolute atomic E-state index is 9.11. The molecule has 0 heterocycles. The number of phenols is 1. The average Bonchev–Trinajstić information content (AvgIpc) is 2.18. The van der Waals surface area contributed by atoms with Gasteiger partial charge < -0.3 is 10.8 Å². The van der Waals surface area contributed by atoms with Gasteiger partial charge in [-0.3, -0.25) is 0 Å². The zero-order chi connectivity index (χ0) is 10.4. The normalized spacial score (nSPS) is 8.29. The number of aromatic hydroxyl groups is 1. The summed E-state index contributed by atoms with van der Waals surface area (Å²) in [6.07, 6.45) is 0. The Balaban J connectivity index is 2.80. The van der Waals surface area contributed by atoms with Gasteiger partial charge in [-0.05, 0) is 23.7 Å². The highest BCUT2D eigenvalue weighted by atomic mass is 16.3. The second kappa shape index (κ2) is 4.65. The van der Waals surface area contributed by atoms with Crippen LogP contribution in [0.3, 0.4) is 0 Å². The molecule has 0 bridgehead atoms. The van der Waals surface area contributed by atoms with Crippen molar-refractivity contribution in [2.45, 2.75) is 0 Å². The Morgan fingerprint density at radius 3 is 3.00 bits per heavy atom. The number of nitrogen functional groups attached to an aromatic ring is 1. The van der Waals surface area contributed by atoms with Crippen LogP contribution >= 0.6 is 0 Å². The first-order valence-electron chi connectivity index (χ1n) is 3.82. The summed E-state index contributed by atoms with van der Waals surface area (Å²) in [6, 6.07) is 4.65. The SMILES string of the molecule is [N-]=[N+]=NCC#Cc1ccc(O)c(N)c1. The van der Waals surface area contributed by atoms with E-state index in [4.69, 9.17) is 16.4 Å². The zero-order valence-corrected chi connectivity index (χ0v) is 7.31. The van der Waals surface area contributed by atoms with Gasteiger partial charge in [-0.1, -0.05) is 17.0 Å². The second-order valence-electron chi connectivity index (χ2n) is 2.46. The number of hydrogen-bond acceptors (Lipinski definition) is 3. The number of azide groups is 1. The zero-order valence-electron chi connectivity index (χ0n) is 7.31. The van der Waals surface area contributed by atoms with Gasteiger partial charge in [-0.25, -0.2) is 0 Å². The first-order chi connectivity index (χ1) is 6.74. The summed E-state index contributed by atoms with van der Waals surface area (Å²) in [5, 5.41) is 12.4. The Morgan fingerprint density at radius 2 is 2.36 bits per heavy atom. The second-order valence-corrected chi connectivity index (χ2v) is 2.46. The van der Waals surface area contributed by atoms with E-state index in [0.717, 1.165) is 0 Å². The minimum atomic E-state index is 0.0330. The molecular formula is C9H8N4O. The highest BCUT2D eigenvalue weighted by Gasteiger charge is 1.95. The monoisotopic (exact) mass is 188 g/mol. The van der Waals surface area contributed by atoms with Crippen LogP contribution in [-0.2, 0) is 0 Å². The van der Waals surface area contributed by atoms with E-state index in [1.807, 2.05) is 0 Å². The summed E-state index contributed by atoms with van der Waals surface area (Å²) in [5.41, 5.74) is 14.4. The molecule has 5 nitrogen and oxygen atoms in total. The lowest BCUT2D eigenvalue weighted by Crippen LogP contribution is -1.86. The number of nitrogens with two attached hydrogens (primary N) is 1. The van der Waals surface area contributed by atoms with Crippen LogP contribution in [0.25, 0.3) is 10.4 Å². The number of phenolic OH excluding ortho intramolecular Hbond substituents is 1. The summed E-state index contributed by atoms with van der Waals surface area (Å²) >= 11 is 0. The molecule has 0 amide bonds. The van der Waals surface area contributed by atoms with E-state index in [9.17, 15) is 0 Å². The van der Waals surface area contributed by atoms with E-state index in [2.05, 4.69) is 21.9 Å².